The quantitative estimate of drug-likeness (QED) is 0.803. The Morgan fingerprint density at radius 1 is 1.18 bits per heavy atom. The lowest BCUT2D eigenvalue weighted by Gasteiger charge is -2.16. The zero-order valence-corrected chi connectivity index (χ0v) is 12.8. The number of anilines is 1. The number of nitrogens with zero attached hydrogens (tertiary/aromatic N) is 2. The first-order valence-electron chi connectivity index (χ1n) is 7.26. The molecule has 0 spiro atoms. The van der Waals surface area contributed by atoms with Gasteiger partial charge in [0.2, 0.25) is 11.9 Å². The topological polar surface area (TPSA) is 66.9 Å². The molecule has 1 aromatic heterocycles. The van der Waals surface area contributed by atoms with Gasteiger partial charge >= 0.3 is 0 Å². The fourth-order valence-corrected chi connectivity index (χ4v) is 2.66. The molecule has 22 heavy (non-hydrogen) atoms. The number of amides is 1. The molecule has 1 fully saturated rings. The predicted octanol–water partition coefficient (Wildman–Crippen LogP) is 2.39. The molecular formula is C16H17ClN4O. The highest BCUT2D eigenvalue weighted by Gasteiger charge is 2.51. The van der Waals surface area contributed by atoms with Crippen molar-refractivity contribution in [1.82, 2.24) is 15.3 Å². The summed E-state index contributed by atoms with van der Waals surface area (Å²) in [4.78, 5) is 20.6. The summed E-state index contributed by atoms with van der Waals surface area (Å²) < 4.78 is 0. The van der Waals surface area contributed by atoms with E-state index in [-0.39, 0.29) is 5.91 Å². The number of carbonyl (C=O) groups excluding carboxylic acids is 1. The third-order valence-electron chi connectivity index (χ3n) is 3.82. The van der Waals surface area contributed by atoms with Gasteiger partial charge in [0.1, 0.15) is 0 Å². The Labute approximate surface area is 134 Å². The summed E-state index contributed by atoms with van der Waals surface area (Å²) in [5.74, 6) is 0.623. The van der Waals surface area contributed by atoms with Crippen molar-refractivity contribution in [3.63, 3.8) is 0 Å². The van der Waals surface area contributed by atoms with Crippen LogP contribution in [0, 0.1) is 0 Å². The maximum atomic E-state index is 12.4. The number of benzene rings is 1. The fraction of sp³-hybridized carbons (Fsp3) is 0.312. The summed E-state index contributed by atoms with van der Waals surface area (Å²) in [6.45, 7) is 1.11. The predicted molar refractivity (Wildman–Crippen MR) is 85.9 cm³/mol. The smallest absolute Gasteiger partial charge is 0.230 e. The molecule has 2 N–H and O–H groups in total. The van der Waals surface area contributed by atoms with E-state index >= 15 is 0 Å². The Balaban J connectivity index is 1.52. The minimum Gasteiger partial charge on any atom is -0.354 e. The molecule has 0 aliphatic heterocycles. The van der Waals surface area contributed by atoms with Crippen molar-refractivity contribution in [3.8, 4) is 0 Å². The molecule has 0 radical (unpaired) electrons. The Bertz CT molecular complexity index is 658. The first-order chi connectivity index (χ1) is 10.7. The van der Waals surface area contributed by atoms with Crippen molar-refractivity contribution < 1.29 is 4.79 Å². The van der Waals surface area contributed by atoms with Crippen LogP contribution in [0.3, 0.4) is 0 Å². The van der Waals surface area contributed by atoms with Gasteiger partial charge in [-0.15, -0.1) is 0 Å². The first kappa shape index (κ1) is 14.8. The zero-order valence-electron chi connectivity index (χ0n) is 12.1. The number of hydrogen-bond acceptors (Lipinski definition) is 4. The summed E-state index contributed by atoms with van der Waals surface area (Å²) >= 11 is 6.02. The van der Waals surface area contributed by atoms with Crippen LogP contribution < -0.4 is 10.6 Å². The van der Waals surface area contributed by atoms with Crippen LogP contribution in [0.15, 0.2) is 42.7 Å². The van der Waals surface area contributed by atoms with Gasteiger partial charge in [-0.05, 0) is 36.6 Å². The molecule has 6 heteroatoms. The maximum Gasteiger partial charge on any atom is 0.230 e. The third kappa shape index (κ3) is 3.20. The fourth-order valence-electron chi connectivity index (χ4n) is 2.47. The molecule has 0 atom stereocenters. The van der Waals surface area contributed by atoms with Gasteiger partial charge in [0, 0.05) is 30.5 Å². The molecule has 114 valence electrons. The Morgan fingerprint density at radius 2 is 1.95 bits per heavy atom. The Kier molecular flexibility index (Phi) is 4.24. The van der Waals surface area contributed by atoms with Crippen molar-refractivity contribution in [1.29, 1.82) is 0 Å². The highest BCUT2D eigenvalue weighted by Crippen LogP contribution is 2.48. The summed E-state index contributed by atoms with van der Waals surface area (Å²) in [7, 11) is 0. The summed E-state index contributed by atoms with van der Waals surface area (Å²) in [5, 5.41) is 6.70. The van der Waals surface area contributed by atoms with Gasteiger partial charge in [0.25, 0.3) is 0 Å². The lowest BCUT2D eigenvalue weighted by molar-refractivity contribution is -0.123. The molecule has 0 unspecified atom stereocenters. The molecule has 1 aliphatic rings. The number of nitrogens with one attached hydrogen (secondary N) is 2. The molecule has 1 aromatic carbocycles. The second-order valence-corrected chi connectivity index (χ2v) is 5.78. The van der Waals surface area contributed by atoms with Crippen LogP contribution in [0.4, 0.5) is 5.95 Å². The van der Waals surface area contributed by atoms with Crippen LogP contribution in [0.1, 0.15) is 18.4 Å². The molecular weight excluding hydrogens is 300 g/mol. The van der Waals surface area contributed by atoms with E-state index in [0.29, 0.717) is 24.1 Å². The van der Waals surface area contributed by atoms with Gasteiger partial charge in [0.15, 0.2) is 0 Å². The van der Waals surface area contributed by atoms with Crippen molar-refractivity contribution in [2.75, 3.05) is 18.4 Å². The van der Waals surface area contributed by atoms with Gasteiger partial charge in [-0.3, -0.25) is 4.79 Å². The van der Waals surface area contributed by atoms with Gasteiger partial charge in [-0.2, -0.15) is 0 Å². The number of carbonyl (C=O) groups is 1. The second-order valence-electron chi connectivity index (χ2n) is 5.35. The SMILES string of the molecule is O=C(NCCNc1ncccn1)C1(c2cccc(Cl)c2)CC1. The van der Waals surface area contributed by atoms with Crippen molar-refractivity contribution >= 4 is 23.5 Å². The Morgan fingerprint density at radius 3 is 2.64 bits per heavy atom. The van der Waals surface area contributed by atoms with E-state index in [2.05, 4.69) is 20.6 Å². The van der Waals surface area contributed by atoms with E-state index in [9.17, 15) is 4.79 Å². The maximum absolute atomic E-state index is 12.4. The monoisotopic (exact) mass is 316 g/mol. The van der Waals surface area contributed by atoms with Crippen molar-refractivity contribution in [2.45, 2.75) is 18.3 Å². The number of rotatable bonds is 6. The zero-order chi connectivity index (χ0) is 15.4. The van der Waals surface area contributed by atoms with Crippen LogP contribution >= 0.6 is 11.6 Å². The van der Waals surface area contributed by atoms with Crippen LogP contribution in [0.5, 0.6) is 0 Å². The molecule has 1 aliphatic carbocycles. The van der Waals surface area contributed by atoms with Gasteiger partial charge in [-0.1, -0.05) is 23.7 Å². The van der Waals surface area contributed by atoms with E-state index in [1.54, 1.807) is 18.5 Å². The molecule has 1 heterocycles. The summed E-state index contributed by atoms with van der Waals surface area (Å²) in [6, 6.07) is 9.32. The minimum atomic E-state index is -0.395. The lowest BCUT2D eigenvalue weighted by Crippen LogP contribution is -2.37. The van der Waals surface area contributed by atoms with Crippen molar-refractivity contribution in [2.24, 2.45) is 0 Å². The molecule has 3 rings (SSSR count). The van der Waals surface area contributed by atoms with E-state index < -0.39 is 5.41 Å². The van der Waals surface area contributed by atoms with Crippen LogP contribution in [0.25, 0.3) is 0 Å². The highest BCUT2D eigenvalue weighted by atomic mass is 35.5. The molecule has 1 saturated carbocycles. The lowest BCUT2D eigenvalue weighted by atomic mass is 9.95. The van der Waals surface area contributed by atoms with Crippen LogP contribution in [-0.4, -0.2) is 29.0 Å². The average Bonchev–Trinajstić information content (AvgIpc) is 3.34. The second kappa shape index (κ2) is 6.32. The molecule has 5 nitrogen and oxygen atoms in total. The molecule has 2 aromatic rings. The van der Waals surface area contributed by atoms with Gasteiger partial charge in [-0.25, -0.2) is 9.97 Å². The van der Waals surface area contributed by atoms with E-state index in [4.69, 9.17) is 11.6 Å². The standard InChI is InChI=1S/C16H17ClN4O/c17-13-4-1-3-12(11-13)16(5-6-16)14(22)18-9-10-21-15-19-7-2-8-20-15/h1-4,7-8,11H,5-6,9-10H2,(H,18,22)(H,19,20,21). The summed E-state index contributed by atoms with van der Waals surface area (Å²) in [5.41, 5.74) is 0.602. The van der Waals surface area contributed by atoms with Crippen molar-refractivity contribution in [3.05, 3.63) is 53.3 Å². The first-order valence-corrected chi connectivity index (χ1v) is 7.64. The number of halogens is 1. The van der Waals surface area contributed by atoms with E-state index in [0.717, 1.165) is 18.4 Å². The number of hydrogen-bond donors (Lipinski definition) is 2. The highest BCUT2D eigenvalue weighted by molar-refractivity contribution is 6.30. The normalized spacial score (nSPS) is 15.1. The molecule has 1 amide bonds. The van der Waals surface area contributed by atoms with E-state index in [1.165, 1.54) is 0 Å². The third-order valence-corrected chi connectivity index (χ3v) is 4.06. The van der Waals surface area contributed by atoms with Gasteiger partial charge in [0.05, 0.1) is 5.41 Å². The molecule has 0 saturated heterocycles. The van der Waals surface area contributed by atoms with E-state index in [1.807, 2.05) is 24.3 Å². The average molecular weight is 317 g/mol. The Hall–Kier alpha value is -2.14. The van der Waals surface area contributed by atoms with Crippen LogP contribution in [0.2, 0.25) is 5.02 Å². The van der Waals surface area contributed by atoms with Crippen LogP contribution in [-0.2, 0) is 10.2 Å². The largest absolute Gasteiger partial charge is 0.354 e. The van der Waals surface area contributed by atoms with Gasteiger partial charge < -0.3 is 10.6 Å². The number of aromatic nitrogens is 2. The minimum absolute atomic E-state index is 0.0607. The molecule has 0 bridgehead atoms. The summed E-state index contributed by atoms with van der Waals surface area (Å²) in [6.07, 6.45) is 5.08.